The quantitative estimate of drug-likeness (QED) is 0.0977. The van der Waals surface area contributed by atoms with Crippen LogP contribution >= 0.6 is 0 Å². The minimum atomic E-state index is 0.893. The maximum atomic E-state index is 5.47. The van der Waals surface area contributed by atoms with E-state index in [0.29, 0.717) is 0 Å². The SMILES string of the molecule is C#Cc1ccc(C#Cc2ccc(N(CCCCCCCCCCCC)CCCCCCCCCCCC)cc2)cc1. The fourth-order valence-corrected chi connectivity index (χ4v) is 5.50. The molecule has 0 fully saturated rings. The third kappa shape index (κ3) is 17.0. The number of anilines is 1. The molecule has 0 bridgehead atoms. The molecular formula is C40H59N. The Morgan fingerprint density at radius 1 is 0.439 bits per heavy atom. The summed E-state index contributed by atoms with van der Waals surface area (Å²) in [5.74, 6) is 9.26. The molecule has 0 aliphatic heterocycles. The summed E-state index contributed by atoms with van der Waals surface area (Å²) < 4.78 is 0. The van der Waals surface area contributed by atoms with Crippen LogP contribution in [0.2, 0.25) is 0 Å². The van der Waals surface area contributed by atoms with Crippen molar-refractivity contribution in [2.75, 3.05) is 18.0 Å². The van der Waals surface area contributed by atoms with Crippen molar-refractivity contribution in [2.24, 2.45) is 0 Å². The van der Waals surface area contributed by atoms with Gasteiger partial charge in [0.1, 0.15) is 0 Å². The third-order valence-corrected chi connectivity index (χ3v) is 8.20. The molecule has 0 heterocycles. The molecule has 1 nitrogen and oxygen atoms in total. The van der Waals surface area contributed by atoms with E-state index in [9.17, 15) is 0 Å². The van der Waals surface area contributed by atoms with E-state index in [-0.39, 0.29) is 0 Å². The van der Waals surface area contributed by atoms with Crippen LogP contribution in [0.3, 0.4) is 0 Å². The Bertz CT molecular complexity index is 958. The maximum Gasteiger partial charge on any atom is 0.0367 e. The first-order valence-electron chi connectivity index (χ1n) is 17.2. The van der Waals surface area contributed by atoms with Gasteiger partial charge in [-0.3, -0.25) is 0 Å². The van der Waals surface area contributed by atoms with Crippen LogP contribution in [-0.2, 0) is 0 Å². The maximum absolute atomic E-state index is 5.47. The normalized spacial score (nSPS) is 10.7. The Morgan fingerprint density at radius 3 is 1.12 bits per heavy atom. The predicted octanol–water partition coefficient (Wildman–Crippen LogP) is 11.7. The Hall–Kier alpha value is -2.64. The summed E-state index contributed by atoms with van der Waals surface area (Å²) in [6.07, 6.45) is 33.2. The molecule has 0 aliphatic carbocycles. The Morgan fingerprint density at radius 2 is 0.756 bits per heavy atom. The molecule has 0 N–H and O–H groups in total. The molecular weight excluding hydrogens is 494 g/mol. The zero-order valence-corrected chi connectivity index (χ0v) is 26.7. The molecule has 0 saturated carbocycles. The van der Waals surface area contributed by atoms with Crippen molar-refractivity contribution in [3.63, 3.8) is 0 Å². The summed E-state index contributed by atoms with van der Waals surface area (Å²) in [7, 11) is 0. The van der Waals surface area contributed by atoms with Gasteiger partial charge in [-0.2, -0.15) is 0 Å². The van der Waals surface area contributed by atoms with Crippen LogP contribution in [0.4, 0.5) is 5.69 Å². The fourth-order valence-electron chi connectivity index (χ4n) is 5.50. The van der Waals surface area contributed by atoms with Crippen LogP contribution in [0.25, 0.3) is 0 Å². The lowest BCUT2D eigenvalue weighted by atomic mass is 10.1. The van der Waals surface area contributed by atoms with Crippen molar-refractivity contribution in [2.45, 2.75) is 142 Å². The molecule has 2 aromatic rings. The van der Waals surface area contributed by atoms with Crippen LogP contribution in [0.1, 0.15) is 159 Å². The van der Waals surface area contributed by atoms with Gasteiger partial charge in [0, 0.05) is 35.5 Å². The van der Waals surface area contributed by atoms with E-state index in [1.54, 1.807) is 0 Å². The molecule has 2 rings (SSSR count). The number of rotatable bonds is 23. The van der Waals surface area contributed by atoms with Crippen molar-refractivity contribution in [1.82, 2.24) is 0 Å². The van der Waals surface area contributed by atoms with Crippen molar-refractivity contribution in [3.8, 4) is 24.2 Å². The van der Waals surface area contributed by atoms with Crippen molar-refractivity contribution >= 4 is 5.69 Å². The second-order valence-corrected chi connectivity index (χ2v) is 11.9. The summed E-state index contributed by atoms with van der Waals surface area (Å²) in [5.41, 5.74) is 4.30. The van der Waals surface area contributed by atoms with Crippen molar-refractivity contribution in [1.29, 1.82) is 0 Å². The van der Waals surface area contributed by atoms with Crippen LogP contribution in [-0.4, -0.2) is 13.1 Å². The van der Waals surface area contributed by atoms with Gasteiger partial charge in [-0.1, -0.05) is 147 Å². The lowest BCUT2D eigenvalue weighted by molar-refractivity contribution is 0.543. The molecule has 0 spiro atoms. The molecule has 41 heavy (non-hydrogen) atoms. The van der Waals surface area contributed by atoms with E-state index in [1.165, 1.54) is 147 Å². The predicted molar refractivity (Wildman–Crippen MR) is 183 cm³/mol. The summed E-state index contributed by atoms with van der Waals surface area (Å²) in [5, 5.41) is 0. The number of benzene rings is 2. The first-order valence-corrected chi connectivity index (χ1v) is 17.2. The summed E-state index contributed by atoms with van der Waals surface area (Å²) in [4.78, 5) is 2.63. The highest BCUT2D eigenvalue weighted by Gasteiger charge is 2.07. The number of terminal acetylenes is 1. The van der Waals surface area contributed by atoms with Gasteiger partial charge in [0.05, 0.1) is 0 Å². The van der Waals surface area contributed by atoms with E-state index >= 15 is 0 Å². The standard InChI is InChI=1S/C40H59N/c1-4-7-9-11-13-15-17-19-21-23-35-41(36-24-22-20-18-16-14-12-10-8-5-2)40-33-31-39(32-34-40)30-29-38-27-25-37(6-3)26-28-38/h3,25-28,31-34H,4-5,7-24,35-36H2,1-2H3. The molecule has 0 aliphatic rings. The summed E-state index contributed by atoms with van der Waals surface area (Å²) >= 11 is 0. The molecule has 224 valence electrons. The zero-order valence-electron chi connectivity index (χ0n) is 26.7. The molecule has 0 saturated heterocycles. The average molecular weight is 554 g/mol. The van der Waals surface area contributed by atoms with Crippen LogP contribution < -0.4 is 4.90 Å². The van der Waals surface area contributed by atoms with E-state index in [0.717, 1.165) is 16.7 Å². The molecule has 0 radical (unpaired) electrons. The zero-order chi connectivity index (χ0) is 29.2. The average Bonchev–Trinajstić information content (AvgIpc) is 3.01. The minimum Gasteiger partial charge on any atom is -0.372 e. The second-order valence-electron chi connectivity index (χ2n) is 11.9. The van der Waals surface area contributed by atoms with Gasteiger partial charge >= 0.3 is 0 Å². The van der Waals surface area contributed by atoms with Gasteiger partial charge in [0.2, 0.25) is 0 Å². The van der Waals surface area contributed by atoms with E-state index < -0.39 is 0 Å². The molecule has 0 atom stereocenters. The molecule has 0 amide bonds. The number of hydrogen-bond acceptors (Lipinski definition) is 1. The Balaban J connectivity index is 1.79. The Labute approximate surface area is 254 Å². The topological polar surface area (TPSA) is 3.24 Å². The van der Waals surface area contributed by atoms with Gasteiger partial charge in [-0.15, -0.1) is 6.42 Å². The highest BCUT2D eigenvalue weighted by Crippen LogP contribution is 2.19. The van der Waals surface area contributed by atoms with Crippen LogP contribution in [0.5, 0.6) is 0 Å². The number of nitrogens with zero attached hydrogens (tertiary/aromatic N) is 1. The monoisotopic (exact) mass is 553 g/mol. The highest BCUT2D eigenvalue weighted by molar-refractivity contribution is 5.52. The van der Waals surface area contributed by atoms with E-state index in [4.69, 9.17) is 6.42 Å². The van der Waals surface area contributed by atoms with Gasteiger partial charge < -0.3 is 4.90 Å². The number of unbranched alkanes of at least 4 members (excludes halogenated alkanes) is 18. The van der Waals surface area contributed by atoms with E-state index in [1.807, 2.05) is 24.3 Å². The smallest absolute Gasteiger partial charge is 0.0367 e. The third-order valence-electron chi connectivity index (χ3n) is 8.20. The molecule has 0 unspecified atom stereocenters. The summed E-state index contributed by atoms with van der Waals surface area (Å²) in [6.45, 7) is 6.93. The Kier molecular flexibility index (Phi) is 20.2. The van der Waals surface area contributed by atoms with Crippen molar-refractivity contribution < 1.29 is 0 Å². The number of hydrogen-bond donors (Lipinski definition) is 0. The first-order chi connectivity index (χ1) is 20.3. The van der Waals surface area contributed by atoms with Crippen LogP contribution in [0.15, 0.2) is 48.5 Å². The largest absolute Gasteiger partial charge is 0.372 e. The second kappa shape index (κ2) is 24.0. The van der Waals surface area contributed by atoms with E-state index in [2.05, 4.69) is 60.8 Å². The molecule has 1 heteroatoms. The first kappa shape index (κ1) is 34.6. The van der Waals surface area contributed by atoms with Gasteiger partial charge in [-0.05, 0) is 61.4 Å². The lowest BCUT2D eigenvalue weighted by Gasteiger charge is -2.25. The van der Waals surface area contributed by atoms with Gasteiger partial charge in [0.15, 0.2) is 0 Å². The lowest BCUT2D eigenvalue weighted by Crippen LogP contribution is -2.25. The fraction of sp³-hybridized carbons (Fsp3) is 0.600. The molecule has 2 aromatic carbocycles. The molecule has 0 aromatic heterocycles. The van der Waals surface area contributed by atoms with Crippen molar-refractivity contribution in [3.05, 3.63) is 65.2 Å². The van der Waals surface area contributed by atoms with Crippen LogP contribution in [0, 0.1) is 24.2 Å². The van der Waals surface area contributed by atoms with Gasteiger partial charge in [-0.25, -0.2) is 0 Å². The summed E-state index contributed by atoms with van der Waals surface area (Å²) in [6, 6.07) is 16.8. The highest BCUT2D eigenvalue weighted by atomic mass is 15.1. The van der Waals surface area contributed by atoms with Gasteiger partial charge in [0.25, 0.3) is 0 Å². The minimum absolute atomic E-state index is 0.893.